The molecule has 0 amide bonds. The second kappa shape index (κ2) is 7.14. The molecule has 1 N–H and O–H groups in total. The van der Waals surface area contributed by atoms with Gasteiger partial charge in [0.15, 0.2) is 9.84 Å². The summed E-state index contributed by atoms with van der Waals surface area (Å²) >= 11 is 0. The maximum atomic E-state index is 12.7. The lowest BCUT2D eigenvalue weighted by atomic mass is 10.2. The van der Waals surface area contributed by atoms with Gasteiger partial charge in [-0.25, -0.2) is 12.8 Å². The van der Waals surface area contributed by atoms with Crippen LogP contribution in [0.25, 0.3) is 0 Å². The molecule has 0 saturated carbocycles. The third kappa shape index (κ3) is 6.44. The van der Waals surface area contributed by atoms with Crippen LogP contribution >= 0.6 is 0 Å². The molecular weight excluding hydrogens is 307 g/mol. The molecule has 8 heteroatoms. The summed E-state index contributed by atoms with van der Waals surface area (Å²) in [6.45, 7) is 0. The molecule has 0 aromatic heterocycles. The summed E-state index contributed by atoms with van der Waals surface area (Å²) in [6.07, 6.45) is 1.77. The van der Waals surface area contributed by atoms with Gasteiger partial charge in [0.2, 0.25) is 0 Å². The second-order valence-corrected chi connectivity index (χ2v) is 8.15. The van der Waals surface area contributed by atoms with E-state index in [9.17, 15) is 21.2 Å². The molecule has 1 aromatic rings. The molecule has 1 rings (SSSR count). The average Bonchev–Trinajstić information content (AvgIpc) is 2.33. The molecule has 0 aliphatic carbocycles. The Morgan fingerprint density at radius 2 is 1.35 bits per heavy atom. The van der Waals surface area contributed by atoms with Crippen molar-refractivity contribution in [2.75, 3.05) is 11.5 Å². The number of rotatable bonds is 8. The van der Waals surface area contributed by atoms with Crippen molar-refractivity contribution in [3.05, 3.63) is 30.1 Å². The van der Waals surface area contributed by atoms with Crippen molar-refractivity contribution in [1.29, 1.82) is 0 Å². The summed E-state index contributed by atoms with van der Waals surface area (Å²) in [6, 6.07) is 4.64. The molecule has 0 heterocycles. The van der Waals surface area contributed by atoms with Crippen LogP contribution in [0, 0.1) is 5.82 Å². The van der Waals surface area contributed by atoms with Gasteiger partial charge in [0.25, 0.3) is 10.1 Å². The monoisotopic (exact) mass is 324 g/mol. The van der Waals surface area contributed by atoms with Crippen molar-refractivity contribution in [2.45, 2.75) is 30.6 Å². The number of hydrogen-bond acceptors (Lipinski definition) is 4. The summed E-state index contributed by atoms with van der Waals surface area (Å²) in [5.74, 6) is -0.864. The molecule has 0 fully saturated rings. The topological polar surface area (TPSA) is 88.5 Å². The first-order valence-electron chi connectivity index (χ1n) is 6.14. The third-order valence-corrected chi connectivity index (χ3v) is 5.36. The highest BCUT2D eigenvalue weighted by Gasteiger charge is 2.13. The van der Waals surface area contributed by atoms with Crippen molar-refractivity contribution >= 4 is 20.0 Å². The standard InChI is InChI=1S/C12H17FO5S2/c13-11-5-7-12(8-6-11)19(14,15)9-3-1-2-4-10-20(16,17)18/h5-8H,1-4,9-10H2,(H,16,17,18). The number of benzene rings is 1. The number of unbranched alkanes of at least 4 members (excludes halogenated alkanes) is 3. The van der Waals surface area contributed by atoms with E-state index < -0.39 is 25.8 Å². The van der Waals surface area contributed by atoms with Crippen LogP contribution in [0.15, 0.2) is 29.2 Å². The zero-order valence-electron chi connectivity index (χ0n) is 10.8. The fraction of sp³-hybridized carbons (Fsp3) is 0.500. The Kier molecular flexibility index (Phi) is 6.09. The number of sulfone groups is 1. The number of hydrogen-bond donors (Lipinski definition) is 1. The lowest BCUT2D eigenvalue weighted by Crippen LogP contribution is -2.07. The maximum absolute atomic E-state index is 12.7. The minimum Gasteiger partial charge on any atom is -0.286 e. The molecule has 0 unspecified atom stereocenters. The smallest absolute Gasteiger partial charge is 0.264 e. The Balaban J connectivity index is 2.36. The molecule has 0 aliphatic heterocycles. The van der Waals surface area contributed by atoms with Crippen molar-refractivity contribution in [3.8, 4) is 0 Å². The highest BCUT2D eigenvalue weighted by molar-refractivity contribution is 7.91. The van der Waals surface area contributed by atoms with E-state index in [1.54, 1.807) is 0 Å². The summed E-state index contributed by atoms with van der Waals surface area (Å²) in [4.78, 5) is 0.0804. The molecule has 0 atom stereocenters. The SMILES string of the molecule is O=S(=O)(O)CCCCCCS(=O)(=O)c1ccc(F)cc1. The molecule has 114 valence electrons. The predicted molar refractivity (Wildman–Crippen MR) is 73.3 cm³/mol. The van der Waals surface area contributed by atoms with E-state index in [2.05, 4.69) is 0 Å². The average molecular weight is 324 g/mol. The van der Waals surface area contributed by atoms with Gasteiger partial charge in [-0.1, -0.05) is 12.8 Å². The minimum atomic E-state index is -3.94. The molecule has 5 nitrogen and oxygen atoms in total. The fourth-order valence-corrected chi connectivity index (χ4v) is 3.63. The Hall–Kier alpha value is -0.990. The molecule has 0 radical (unpaired) electrons. The Morgan fingerprint density at radius 1 is 0.850 bits per heavy atom. The van der Waals surface area contributed by atoms with Gasteiger partial charge < -0.3 is 0 Å². The summed E-state index contributed by atoms with van der Waals surface area (Å²) < 4.78 is 65.9. The summed E-state index contributed by atoms with van der Waals surface area (Å²) in [5, 5.41) is 0. The summed E-state index contributed by atoms with van der Waals surface area (Å²) in [5.41, 5.74) is 0. The largest absolute Gasteiger partial charge is 0.286 e. The van der Waals surface area contributed by atoms with Crippen molar-refractivity contribution in [1.82, 2.24) is 0 Å². The summed E-state index contributed by atoms with van der Waals surface area (Å²) in [7, 11) is -7.37. The molecule has 0 saturated heterocycles. The first kappa shape index (κ1) is 17.1. The maximum Gasteiger partial charge on any atom is 0.264 e. The molecule has 0 bridgehead atoms. The quantitative estimate of drug-likeness (QED) is 0.449. The Labute approximate surface area is 118 Å². The van der Waals surface area contributed by atoms with E-state index in [4.69, 9.17) is 4.55 Å². The zero-order chi connectivity index (χ0) is 15.2. The van der Waals surface area contributed by atoms with Gasteiger partial charge >= 0.3 is 0 Å². The van der Waals surface area contributed by atoms with Gasteiger partial charge in [-0.3, -0.25) is 4.55 Å². The first-order valence-corrected chi connectivity index (χ1v) is 9.40. The lowest BCUT2D eigenvalue weighted by Gasteiger charge is -2.04. The minimum absolute atomic E-state index is 0.0650. The van der Waals surface area contributed by atoms with Gasteiger partial charge in [-0.05, 0) is 37.1 Å². The van der Waals surface area contributed by atoms with Crippen LogP contribution in [-0.4, -0.2) is 32.9 Å². The van der Waals surface area contributed by atoms with E-state index in [-0.39, 0.29) is 16.4 Å². The van der Waals surface area contributed by atoms with Crippen LogP contribution < -0.4 is 0 Å². The third-order valence-electron chi connectivity index (χ3n) is 2.74. The van der Waals surface area contributed by atoms with Crippen LogP contribution in [0.1, 0.15) is 25.7 Å². The van der Waals surface area contributed by atoms with Crippen molar-refractivity contribution in [2.24, 2.45) is 0 Å². The zero-order valence-corrected chi connectivity index (χ0v) is 12.5. The van der Waals surface area contributed by atoms with Gasteiger partial charge in [0.1, 0.15) is 5.82 Å². The molecule has 1 aromatic carbocycles. The van der Waals surface area contributed by atoms with E-state index in [0.29, 0.717) is 25.7 Å². The van der Waals surface area contributed by atoms with E-state index in [1.807, 2.05) is 0 Å². The highest BCUT2D eigenvalue weighted by atomic mass is 32.2. The van der Waals surface area contributed by atoms with Gasteiger partial charge in [-0.2, -0.15) is 8.42 Å². The highest BCUT2D eigenvalue weighted by Crippen LogP contribution is 2.14. The van der Waals surface area contributed by atoms with Crippen LogP contribution in [0.2, 0.25) is 0 Å². The fourth-order valence-electron chi connectivity index (χ4n) is 1.69. The van der Waals surface area contributed by atoms with Gasteiger partial charge in [0, 0.05) is 0 Å². The van der Waals surface area contributed by atoms with Crippen LogP contribution in [0.5, 0.6) is 0 Å². The molecule has 0 aliphatic rings. The van der Waals surface area contributed by atoms with Crippen LogP contribution in [0.3, 0.4) is 0 Å². The van der Waals surface area contributed by atoms with Crippen LogP contribution in [-0.2, 0) is 20.0 Å². The number of halogens is 1. The normalized spacial score (nSPS) is 12.5. The van der Waals surface area contributed by atoms with E-state index in [0.717, 1.165) is 12.1 Å². The van der Waals surface area contributed by atoms with E-state index >= 15 is 0 Å². The Bertz CT molecular complexity index is 620. The van der Waals surface area contributed by atoms with Crippen molar-refractivity contribution in [3.63, 3.8) is 0 Å². The Morgan fingerprint density at radius 3 is 1.85 bits per heavy atom. The van der Waals surface area contributed by atoms with Gasteiger partial charge in [0.05, 0.1) is 16.4 Å². The first-order chi connectivity index (χ1) is 9.21. The predicted octanol–water partition coefficient (Wildman–Crippen LogP) is 2.05. The molecule has 20 heavy (non-hydrogen) atoms. The second-order valence-electron chi connectivity index (χ2n) is 4.47. The molecule has 0 spiro atoms. The van der Waals surface area contributed by atoms with E-state index in [1.165, 1.54) is 12.1 Å². The molecular formula is C12H17FO5S2. The van der Waals surface area contributed by atoms with Crippen molar-refractivity contribution < 1.29 is 25.8 Å². The van der Waals surface area contributed by atoms with Gasteiger partial charge in [-0.15, -0.1) is 0 Å². The van der Waals surface area contributed by atoms with Crippen LogP contribution in [0.4, 0.5) is 4.39 Å². The lowest BCUT2D eigenvalue weighted by molar-refractivity contribution is 0.479.